The highest BCUT2D eigenvalue weighted by atomic mass is 127. The van der Waals surface area contributed by atoms with E-state index in [4.69, 9.17) is 23.9 Å². The summed E-state index contributed by atoms with van der Waals surface area (Å²) in [5.74, 6) is 3.89. The Hall–Kier alpha value is -2.36. The summed E-state index contributed by atoms with van der Waals surface area (Å²) in [5, 5.41) is 6.61. The molecule has 0 aliphatic carbocycles. The van der Waals surface area contributed by atoms with Crippen LogP contribution in [-0.4, -0.2) is 46.5 Å². The number of anilines is 1. The zero-order valence-electron chi connectivity index (χ0n) is 17.7. The minimum atomic E-state index is 0. The molecule has 0 amide bonds. The molecule has 0 aromatic heterocycles. The zero-order chi connectivity index (χ0) is 20.5. The molecular formula is C22H30IN3O4. The Morgan fingerprint density at radius 3 is 2.57 bits per heavy atom. The molecule has 0 bridgehead atoms. The molecule has 8 heteroatoms. The number of hydrogen-bond donors (Lipinski definition) is 2. The van der Waals surface area contributed by atoms with Gasteiger partial charge in [-0.2, -0.15) is 0 Å². The third-order valence-corrected chi connectivity index (χ3v) is 4.49. The Kier molecular flexibility index (Phi) is 9.85. The average molecular weight is 527 g/mol. The summed E-state index contributed by atoms with van der Waals surface area (Å²) < 4.78 is 22.2. The minimum absolute atomic E-state index is 0. The largest absolute Gasteiger partial charge is 0.497 e. The normalized spacial score (nSPS) is 13.0. The van der Waals surface area contributed by atoms with Crippen molar-refractivity contribution in [3.8, 4) is 23.0 Å². The minimum Gasteiger partial charge on any atom is -0.497 e. The van der Waals surface area contributed by atoms with E-state index in [1.807, 2.05) is 43.3 Å². The van der Waals surface area contributed by atoms with Crippen LogP contribution in [-0.2, 0) is 6.42 Å². The smallest absolute Gasteiger partial charge is 0.195 e. The molecule has 7 nitrogen and oxygen atoms in total. The van der Waals surface area contributed by atoms with Gasteiger partial charge in [-0.1, -0.05) is 0 Å². The molecule has 1 aliphatic heterocycles. The number of hydrogen-bond acceptors (Lipinski definition) is 5. The molecule has 0 unspecified atom stereocenters. The van der Waals surface area contributed by atoms with Crippen LogP contribution in [0.15, 0.2) is 41.4 Å². The van der Waals surface area contributed by atoms with Crippen molar-refractivity contribution >= 4 is 35.6 Å². The molecule has 3 rings (SSSR count). The predicted molar refractivity (Wildman–Crippen MR) is 130 cm³/mol. The number of benzene rings is 2. The molecule has 2 aromatic rings. The summed E-state index contributed by atoms with van der Waals surface area (Å²) in [7, 11) is 3.33. The maximum absolute atomic E-state index is 5.77. The quantitative estimate of drug-likeness (QED) is 0.321. The Balaban J connectivity index is 0.00000320. The lowest BCUT2D eigenvalue weighted by atomic mass is 10.1. The molecule has 0 atom stereocenters. The van der Waals surface area contributed by atoms with E-state index in [-0.39, 0.29) is 24.0 Å². The number of halogens is 1. The van der Waals surface area contributed by atoms with Crippen LogP contribution in [0, 0.1) is 0 Å². The van der Waals surface area contributed by atoms with Gasteiger partial charge in [0.2, 0.25) is 0 Å². The van der Waals surface area contributed by atoms with Gasteiger partial charge in [-0.25, -0.2) is 0 Å². The Bertz CT molecular complexity index is 845. The van der Waals surface area contributed by atoms with Gasteiger partial charge in [-0.05, 0) is 49.2 Å². The number of ether oxygens (including phenoxy) is 4. The summed E-state index contributed by atoms with van der Waals surface area (Å²) in [5.41, 5.74) is 1.95. The van der Waals surface area contributed by atoms with Gasteiger partial charge in [0.1, 0.15) is 11.5 Å². The van der Waals surface area contributed by atoms with Crippen LogP contribution in [0.2, 0.25) is 0 Å². The van der Waals surface area contributed by atoms with Crippen LogP contribution < -0.4 is 29.6 Å². The fraction of sp³-hybridized carbons (Fsp3) is 0.409. The third kappa shape index (κ3) is 6.58. The number of methoxy groups -OCH3 is 2. The van der Waals surface area contributed by atoms with Crippen LogP contribution in [0.1, 0.15) is 18.9 Å². The second kappa shape index (κ2) is 12.4. The summed E-state index contributed by atoms with van der Waals surface area (Å²) >= 11 is 0. The van der Waals surface area contributed by atoms with E-state index in [1.54, 1.807) is 14.2 Å². The highest BCUT2D eigenvalue weighted by Gasteiger charge is 2.11. The highest BCUT2D eigenvalue weighted by molar-refractivity contribution is 14.0. The first-order valence-corrected chi connectivity index (χ1v) is 9.89. The van der Waals surface area contributed by atoms with E-state index in [0.717, 1.165) is 53.6 Å². The SMILES string of the molecule is CCNC(=NCCc1cc(OC)ccc1OC)Nc1ccc2c(c1)OCCCO2.I. The van der Waals surface area contributed by atoms with Crippen molar-refractivity contribution in [2.75, 3.05) is 45.8 Å². The van der Waals surface area contributed by atoms with Crippen molar-refractivity contribution in [3.63, 3.8) is 0 Å². The van der Waals surface area contributed by atoms with Crippen molar-refractivity contribution < 1.29 is 18.9 Å². The number of guanidine groups is 1. The molecule has 0 spiro atoms. The number of rotatable bonds is 7. The lowest BCUT2D eigenvalue weighted by molar-refractivity contribution is 0.297. The standard InChI is InChI=1S/C22H29N3O4.HI/c1-4-23-22(24-11-10-16-14-18(26-2)7-9-19(16)27-3)25-17-6-8-20-21(15-17)29-13-5-12-28-20;/h6-9,14-15H,4-5,10-13H2,1-3H3,(H2,23,24,25);1H. The summed E-state index contributed by atoms with van der Waals surface area (Å²) in [6.45, 7) is 4.74. The molecular weight excluding hydrogens is 497 g/mol. The zero-order valence-corrected chi connectivity index (χ0v) is 20.0. The number of aliphatic imine (C=N–C) groups is 1. The van der Waals surface area contributed by atoms with Crippen molar-refractivity contribution in [2.45, 2.75) is 19.8 Å². The fourth-order valence-corrected chi connectivity index (χ4v) is 3.05. The first kappa shape index (κ1) is 23.9. The van der Waals surface area contributed by atoms with Crippen molar-refractivity contribution in [1.29, 1.82) is 0 Å². The van der Waals surface area contributed by atoms with E-state index in [0.29, 0.717) is 25.7 Å². The molecule has 164 valence electrons. The van der Waals surface area contributed by atoms with Crippen molar-refractivity contribution in [3.05, 3.63) is 42.0 Å². The second-order valence-electron chi connectivity index (χ2n) is 6.53. The summed E-state index contributed by atoms with van der Waals surface area (Å²) in [4.78, 5) is 4.69. The van der Waals surface area contributed by atoms with Gasteiger partial charge in [0.05, 0.1) is 27.4 Å². The number of fused-ring (bicyclic) bond motifs is 1. The molecule has 0 saturated carbocycles. The summed E-state index contributed by atoms with van der Waals surface area (Å²) in [6.07, 6.45) is 1.62. The van der Waals surface area contributed by atoms with E-state index < -0.39 is 0 Å². The lowest BCUT2D eigenvalue weighted by Gasteiger charge is -2.14. The lowest BCUT2D eigenvalue weighted by Crippen LogP contribution is -2.30. The van der Waals surface area contributed by atoms with Gasteiger partial charge in [-0.15, -0.1) is 24.0 Å². The second-order valence-corrected chi connectivity index (χ2v) is 6.53. The highest BCUT2D eigenvalue weighted by Crippen LogP contribution is 2.32. The number of nitrogens with one attached hydrogen (secondary N) is 2. The Labute approximate surface area is 195 Å². The van der Waals surface area contributed by atoms with E-state index in [2.05, 4.69) is 10.6 Å². The molecule has 0 radical (unpaired) electrons. The van der Waals surface area contributed by atoms with Crippen LogP contribution in [0.3, 0.4) is 0 Å². The van der Waals surface area contributed by atoms with Gasteiger partial charge in [0, 0.05) is 31.3 Å². The Morgan fingerprint density at radius 2 is 1.83 bits per heavy atom. The van der Waals surface area contributed by atoms with Gasteiger partial charge in [0.25, 0.3) is 0 Å². The molecule has 30 heavy (non-hydrogen) atoms. The van der Waals surface area contributed by atoms with E-state index in [1.165, 1.54) is 0 Å². The van der Waals surface area contributed by atoms with Gasteiger partial charge in [-0.3, -0.25) is 4.99 Å². The fourth-order valence-electron chi connectivity index (χ4n) is 3.05. The first-order valence-electron chi connectivity index (χ1n) is 9.89. The van der Waals surface area contributed by atoms with Crippen LogP contribution in [0.5, 0.6) is 23.0 Å². The van der Waals surface area contributed by atoms with E-state index >= 15 is 0 Å². The van der Waals surface area contributed by atoms with Gasteiger partial charge >= 0.3 is 0 Å². The van der Waals surface area contributed by atoms with E-state index in [9.17, 15) is 0 Å². The monoisotopic (exact) mass is 527 g/mol. The van der Waals surface area contributed by atoms with Gasteiger partial charge < -0.3 is 29.6 Å². The number of nitrogens with zero attached hydrogens (tertiary/aromatic N) is 1. The molecule has 0 fully saturated rings. The third-order valence-electron chi connectivity index (χ3n) is 4.49. The van der Waals surface area contributed by atoms with Gasteiger partial charge in [0.15, 0.2) is 17.5 Å². The predicted octanol–water partition coefficient (Wildman–Crippen LogP) is 4.10. The molecule has 2 N–H and O–H groups in total. The molecule has 1 heterocycles. The van der Waals surface area contributed by atoms with Crippen LogP contribution in [0.25, 0.3) is 0 Å². The first-order chi connectivity index (χ1) is 14.2. The average Bonchev–Trinajstić information content (AvgIpc) is 2.98. The van der Waals surface area contributed by atoms with Crippen LogP contribution in [0.4, 0.5) is 5.69 Å². The maximum Gasteiger partial charge on any atom is 0.195 e. The van der Waals surface area contributed by atoms with Crippen molar-refractivity contribution in [1.82, 2.24) is 5.32 Å². The van der Waals surface area contributed by atoms with Crippen molar-refractivity contribution in [2.24, 2.45) is 4.99 Å². The van der Waals surface area contributed by atoms with Crippen LogP contribution >= 0.6 is 24.0 Å². The molecule has 0 saturated heterocycles. The Morgan fingerprint density at radius 1 is 1.03 bits per heavy atom. The topological polar surface area (TPSA) is 73.3 Å². The maximum atomic E-state index is 5.77. The molecule has 2 aromatic carbocycles. The summed E-state index contributed by atoms with van der Waals surface area (Å²) in [6, 6.07) is 11.6. The molecule has 1 aliphatic rings.